The first-order chi connectivity index (χ1) is 11.3. The van der Waals surface area contributed by atoms with E-state index in [4.69, 9.17) is 0 Å². The van der Waals surface area contributed by atoms with Crippen molar-refractivity contribution >= 4 is 15.9 Å². The molecule has 1 aromatic heterocycles. The molecular weight excluding hydrogens is 328 g/mol. The van der Waals surface area contributed by atoms with Crippen molar-refractivity contribution in [2.75, 3.05) is 26.2 Å². The lowest BCUT2D eigenvalue weighted by atomic mass is 10.1. The second-order valence-corrected chi connectivity index (χ2v) is 8.71. The van der Waals surface area contributed by atoms with Gasteiger partial charge < -0.3 is 4.90 Å². The van der Waals surface area contributed by atoms with E-state index >= 15 is 0 Å². The maximum Gasteiger partial charge on any atom is 0.246 e. The zero-order chi connectivity index (χ0) is 17.5. The van der Waals surface area contributed by atoms with Crippen LogP contribution in [0.2, 0.25) is 0 Å². The van der Waals surface area contributed by atoms with Crippen molar-refractivity contribution in [1.82, 2.24) is 19.0 Å². The Morgan fingerprint density at radius 2 is 1.67 bits per heavy atom. The molecule has 0 radical (unpaired) electrons. The Hall–Kier alpha value is -1.41. The first-order valence-corrected chi connectivity index (χ1v) is 10.1. The molecule has 1 saturated heterocycles. The van der Waals surface area contributed by atoms with E-state index in [1.165, 1.54) is 4.31 Å². The summed E-state index contributed by atoms with van der Waals surface area (Å²) >= 11 is 0. The standard InChI is InChI=1S/C16H26N4O3S/c1-12-15(13(2)18(3)17-12)24(22,23)20-10-8-19(9-11-20)16(21)14-6-4-5-7-14/h14H,4-11H2,1-3H3. The third-order valence-electron chi connectivity index (χ3n) is 5.30. The molecule has 1 aliphatic heterocycles. The Balaban J connectivity index is 1.70. The van der Waals surface area contributed by atoms with Crippen LogP contribution in [0, 0.1) is 19.8 Å². The molecule has 1 saturated carbocycles. The van der Waals surface area contributed by atoms with Gasteiger partial charge in [0.2, 0.25) is 15.9 Å². The third-order valence-corrected chi connectivity index (χ3v) is 7.45. The number of nitrogens with zero attached hydrogens (tertiary/aromatic N) is 4. The highest BCUT2D eigenvalue weighted by molar-refractivity contribution is 7.89. The fourth-order valence-corrected chi connectivity index (χ4v) is 5.66. The molecule has 0 unspecified atom stereocenters. The molecule has 2 aliphatic rings. The molecule has 1 aliphatic carbocycles. The number of rotatable bonds is 3. The number of amides is 1. The van der Waals surface area contributed by atoms with Crippen LogP contribution in [0.15, 0.2) is 4.90 Å². The minimum Gasteiger partial charge on any atom is -0.340 e. The summed E-state index contributed by atoms with van der Waals surface area (Å²) < 4.78 is 29.0. The van der Waals surface area contributed by atoms with Crippen molar-refractivity contribution in [3.63, 3.8) is 0 Å². The predicted octanol–water partition coefficient (Wildman–Crippen LogP) is 1.06. The maximum absolute atomic E-state index is 12.9. The van der Waals surface area contributed by atoms with Crippen molar-refractivity contribution in [2.24, 2.45) is 13.0 Å². The number of hydrogen-bond donors (Lipinski definition) is 0. The summed E-state index contributed by atoms with van der Waals surface area (Å²) in [5.41, 5.74) is 1.18. The summed E-state index contributed by atoms with van der Waals surface area (Å²) in [6.07, 6.45) is 4.21. The van der Waals surface area contributed by atoms with Crippen molar-refractivity contribution in [3.05, 3.63) is 11.4 Å². The molecule has 24 heavy (non-hydrogen) atoms. The highest BCUT2D eigenvalue weighted by Crippen LogP contribution is 2.28. The Labute approximate surface area is 143 Å². The number of aryl methyl sites for hydroxylation is 2. The van der Waals surface area contributed by atoms with Crippen molar-refractivity contribution in [2.45, 2.75) is 44.4 Å². The smallest absolute Gasteiger partial charge is 0.246 e. The Bertz CT molecular complexity index is 727. The number of carbonyl (C=O) groups is 1. The SMILES string of the molecule is Cc1nn(C)c(C)c1S(=O)(=O)N1CCN(C(=O)C2CCCC2)CC1. The summed E-state index contributed by atoms with van der Waals surface area (Å²) in [6.45, 7) is 5.16. The molecule has 7 nitrogen and oxygen atoms in total. The van der Waals surface area contributed by atoms with E-state index in [9.17, 15) is 13.2 Å². The fraction of sp³-hybridized carbons (Fsp3) is 0.750. The number of aromatic nitrogens is 2. The summed E-state index contributed by atoms with van der Waals surface area (Å²) in [6, 6.07) is 0. The lowest BCUT2D eigenvalue weighted by molar-refractivity contribution is -0.136. The van der Waals surface area contributed by atoms with Crippen LogP contribution in [-0.2, 0) is 21.9 Å². The average Bonchev–Trinajstić information content (AvgIpc) is 3.16. The van der Waals surface area contributed by atoms with Crippen LogP contribution in [-0.4, -0.2) is 59.5 Å². The molecule has 2 heterocycles. The van der Waals surface area contributed by atoms with Crippen LogP contribution in [0.4, 0.5) is 0 Å². The molecule has 0 bridgehead atoms. The van der Waals surface area contributed by atoms with Gasteiger partial charge in [0.05, 0.1) is 11.4 Å². The second-order valence-electron chi connectivity index (χ2n) is 6.83. The minimum atomic E-state index is -3.56. The van der Waals surface area contributed by atoms with Gasteiger partial charge in [-0.1, -0.05) is 12.8 Å². The lowest BCUT2D eigenvalue weighted by Gasteiger charge is -2.35. The first-order valence-electron chi connectivity index (χ1n) is 8.61. The molecule has 0 aromatic carbocycles. The summed E-state index contributed by atoms with van der Waals surface area (Å²) in [5, 5.41) is 4.21. The quantitative estimate of drug-likeness (QED) is 0.813. The topological polar surface area (TPSA) is 75.5 Å². The summed E-state index contributed by atoms with van der Waals surface area (Å²) in [7, 11) is -1.81. The third kappa shape index (κ3) is 2.97. The molecule has 2 fully saturated rings. The molecule has 3 rings (SSSR count). The summed E-state index contributed by atoms with van der Waals surface area (Å²) in [5.74, 6) is 0.356. The number of hydrogen-bond acceptors (Lipinski definition) is 4. The van der Waals surface area contributed by atoms with Gasteiger partial charge >= 0.3 is 0 Å². The van der Waals surface area contributed by atoms with Gasteiger partial charge in [0.25, 0.3) is 0 Å². The monoisotopic (exact) mass is 354 g/mol. The van der Waals surface area contributed by atoms with Gasteiger partial charge in [0, 0.05) is 39.1 Å². The molecule has 1 aromatic rings. The van der Waals surface area contributed by atoms with E-state index in [0.717, 1.165) is 25.7 Å². The highest BCUT2D eigenvalue weighted by atomic mass is 32.2. The van der Waals surface area contributed by atoms with Crippen LogP contribution in [0.1, 0.15) is 37.1 Å². The largest absolute Gasteiger partial charge is 0.340 e. The Morgan fingerprint density at radius 3 is 2.17 bits per heavy atom. The summed E-state index contributed by atoms with van der Waals surface area (Å²) in [4.78, 5) is 14.6. The van der Waals surface area contributed by atoms with E-state index in [0.29, 0.717) is 42.5 Å². The molecule has 0 atom stereocenters. The van der Waals surface area contributed by atoms with Gasteiger partial charge in [-0.25, -0.2) is 8.42 Å². The van der Waals surface area contributed by atoms with E-state index in [2.05, 4.69) is 5.10 Å². The van der Waals surface area contributed by atoms with Crippen molar-refractivity contribution in [3.8, 4) is 0 Å². The van der Waals surface area contributed by atoms with E-state index < -0.39 is 10.0 Å². The van der Waals surface area contributed by atoms with E-state index in [-0.39, 0.29) is 11.8 Å². The predicted molar refractivity (Wildman–Crippen MR) is 90.0 cm³/mol. The highest BCUT2D eigenvalue weighted by Gasteiger charge is 2.35. The zero-order valence-electron chi connectivity index (χ0n) is 14.7. The molecule has 1 amide bonds. The first kappa shape index (κ1) is 17.4. The number of piperazine rings is 1. The molecule has 8 heteroatoms. The van der Waals surface area contributed by atoms with E-state index in [1.54, 1.807) is 25.6 Å². The van der Waals surface area contributed by atoms with Crippen LogP contribution in [0.5, 0.6) is 0 Å². The Morgan fingerprint density at radius 1 is 1.08 bits per heavy atom. The molecule has 0 spiro atoms. The normalized spacial score (nSPS) is 20.7. The van der Waals surface area contributed by atoms with E-state index in [1.807, 2.05) is 4.90 Å². The van der Waals surface area contributed by atoms with Gasteiger partial charge in [-0.3, -0.25) is 9.48 Å². The fourth-order valence-electron chi connectivity index (χ4n) is 3.84. The van der Waals surface area contributed by atoms with Gasteiger partial charge in [-0.05, 0) is 26.7 Å². The van der Waals surface area contributed by atoms with Crippen LogP contribution in [0.3, 0.4) is 0 Å². The second kappa shape index (κ2) is 6.48. The Kier molecular flexibility index (Phi) is 4.70. The van der Waals surface area contributed by atoms with Gasteiger partial charge in [0.1, 0.15) is 4.90 Å². The van der Waals surface area contributed by atoms with Crippen LogP contribution < -0.4 is 0 Å². The zero-order valence-corrected chi connectivity index (χ0v) is 15.5. The maximum atomic E-state index is 12.9. The average molecular weight is 354 g/mol. The number of sulfonamides is 1. The molecule has 0 N–H and O–H groups in total. The van der Waals surface area contributed by atoms with Crippen molar-refractivity contribution < 1.29 is 13.2 Å². The molecule has 134 valence electrons. The van der Waals surface area contributed by atoms with Gasteiger partial charge in [-0.2, -0.15) is 9.40 Å². The van der Waals surface area contributed by atoms with Crippen LogP contribution in [0.25, 0.3) is 0 Å². The van der Waals surface area contributed by atoms with Gasteiger partial charge in [-0.15, -0.1) is 0 Å². The lowest BCUT2D eigenvalue weighted by Crippen LogP contribution is -2.51. The number of carbonyl (C=O) groups excluding carboxylic acids is 1. The minimum absolute atomic E-state index is 0.149. The van der Waals surface area contributed by atoms with Crippen molar-refractivity contribution in [1.29, 1.82) is 0 Å². The van der Waals surface area contributed by atoms with Crippen LogP contribution >= 0.6 is 0 Å². The molecular formula is C16H26N4O3S. The van der Waals surface area contributed by atoms with Gasteiger partial charge in [0.15, 0.2) is 0 Å².